The van der Waals surface area contributed by atoms with Gasteiger partial charge in [-0.1, -0.05) is 12.8 Å². The van der Waals surface area contributed by atoms with Gasteiger partial charge in [0.1, 0.15) is 6.04 Å². The molecular weight excluding hydrogens is 346 g/mol. The van der Waals surface area contributed by atoms with Crippen molar-refractivity contribution in [2.24, 2.45) is 11.8 Å². The fourth-order valence-corrected chi connectivity index (χ4v) is 5.36. The van der Waals surface area contributed by atoms with Crippen molar-refractivity contribution in [1.82, 2.24) is 15.1 Å². The molecule has 3 fully saturated rings. The molecule has 0 bridgehead atoms. The zero-order chi connectivity index (χ0) is 16.2. The first-order chi connectivity index (χ1) is 11.2. The number of thioether (sulfide) groups is 1. The van der Waals surface area contributed by atoms with Gasteiger partial charge in [-0.3, -0.25) is 9.59 Å². The molecule has 3 rings (SSSR count). The molecule has 0 aromatic heterocycles. The van der Waals surface area contributed by atoms with Crippen LogP contribution in [0.1, 0.15) is 38.5 Å². The van der Waals surface area contributed by atoms with Gasteiger partial charge in [0.2, 0.25) is 11.8 Å². The quantitative estimate of drug-likeness (QED) is 0.816. The van der Waals surface area contributed by atoms with Crippen LogP contribution in [-0.2, 0) is 9.59 Å². The number of halogens is 1. The summed E-state index contributed by atoms with van der Waals surface area (Å²) in [7, 11) is 1.97. The molecule has 3 aliphatic rings. The zero-order valence-corrected chi connectivity index (χ0v) is 16.2. The Morgan fingerprint density at radius 2 is 1.88 bits per heavy atom. The monoisotopic (exact) mass is 375 g/mol. The molecule has 2 atom stereocenters. The zero-order valence-electron chi connectivity index (χ0n) is 14.5. The maximum Gasteiger partial charge on any atom is 0.246 e. The fraction of sp³-hybridized carbons (Fsp3) is 0.882. The molecule has 5 nitrogen and oxygen atoms in total. The summed E-state index contributed by atoms with van der Waals surface area (Å²) >= 11 is 1.73. The summed E-state index contributed by atoms with van der Waals surface area (Å²) < 4.78 is 0. The fourth-order valence-electron chi connectivity index (χ4n) is 4.20. The van der Waals surface area contributed by atoms with Crippen LogP contribution in [0.5, 0.6) is 0 Å². The summed E-state index contributed by atoms with van der Waals surface area (Å²) in [6.07, 6.45) is 6.61. The first kappa shape index (κ1) is 19.9. The number of likely N-dealkylation sites (tertiary alicyclic amines) is 1. The molecule has 2 amide bonds. The minimum absolute atomic E-state index is 0. The van der Waals surface area contributed by atoms with Crippen molar-refractivity contribution in [3.05, 3.63) is 0 Å². The molecule has 2 unspecified atom stereocenters. The van der Waals surface area contributed by atoms with Gasteiger partial charge in [-0.15, -0.1) is 24.2 Å². The maximum absolute atomic E-state index is 13.0. The standard InChI is InChI=1S/C17H29N3O2S.ClH/c1-18-9-13-5-4-8-19(10-13)17(22)15-11-23-12-20(15)16(21)14-6-2-3-7-14;/h13-15,18H,2-12H2,1H3;1H. The normalized spacial score (nSPS) is 28.0. The van der Waals surface area contributed by atoms with E-state index >= 15 is 0 Å². The summed E-state index contributed by atoms with van der Waals surface area (Å²) in [5.41, 5.74) is 0. The number of nitrogens with zero attached hydrogens (tertiary/aromatic N) is 2. The van der Waals surface area contributed by atoms with E-state index in [0.29, 0.717) is 11.8 Å². The number of hydrogen-bond donors (Lipinski definition) is 1. The van der Waals surface area contributed by atoms with Crippen LogP contribution in [0.3, 0.4) is 0 Å². The topological polar surface area (TPSA) is 52.7 Å². The van der Waals surface area contributed by atoms with Crippen molar-refractivity contribution in [3.63, 3.8) is 0 Å². The predicted molar refractivity (Wildman–Crippen MR) is 100 cm³/mol. The third kappa shape index (κ3) is 4.38. The highest BCUT2D eigenvalue weighted by atomic mass is 35.5. The Morgan fingerprint density at radius 1 is 1.12 bits per heavy atom. The van der Waals surface area contributed by atoms with Crippen LogP contribution in [0.4, 0.5) is 0 Å². The van der Waals surface area contributed by atoms with E-state index in [1.165, 1.54) is 6.42 Å². The van der Waals surface area contributed by atoms with Gasteiger partial charge in [-0.05, 0) is 45.2 Å². The lowest BCUT2D eigenvalue weighted by Gasteiger charge is -2.36. The molecule has 2 saturated heterocycles. The lowest BCUT2D eigenvalue weighted by molar-refractivity contribution is -0.146. The van der Waals surface area contributed by atoms with Crippen molar-refractivity contribution in [2.75, 3.05) is 38.3 Å². The maximum atomic E-state index is 13.0. The highest BCUT2D eigenvalue weighted by Crippen LogP contribution is 2.31. The second-order valence-electron chi connectivity index (χ2n) is 7.16. The minimum Gasteiger partial charge on any atom is -0.341 e. The molecule has 2 heterocycles. The first-order valence-electron chi connectivity index (χ1n) is 9.02. The van der Waals surface area contributed by atoms with Gasteiger partial charge in [-0.2, -0.15) is 0 Å². The van der Waals surface area contributed by atoms with Crippen LogP contribution < -0.4 is 5.32 Å². The summed E-state index contributed by atoms with van der Waals surface area (Å²) in [5.74, 6) is 2.59. The number of amides is 2. The molecule has 0 aromatic carbocycles. The van der Waals surface area contributed by atoms with E-state index in [9.17, 15) is 9.59 Å². The second kappa shape index (κ2) is 9.30. The number of rotatable bonds is 4. The van der Waals surface area contributed by atoms with Crippen LogP contribution in [0, 0.1) is 11.8 Å². The average molecular weight is 376 g/mol. The van der Waals surface area contributed by atoms with Crippen molar-refractivity contribution in [2.45, 2.75) is 44.6 Å². The van der Waals surface area contributed by atoms with Gasteiger partial charge in [0.25, 0.3) is 0 Å². The Morgan fingerprint density at radius 3 is 2.58 bits per heavy atom. The summed E-state index contributed by atoms with van der Waals surface area (Å²) in [6, 6.07) is -0.221. The molecule has 138 valence electrons. The van der Waals surface area contributed by atoms with Crippen LogP contribution in [0.15, 0.2) is 0 Å². The lowest BCUT2D eigenvalue weighted by Crippen LogP contribution is -2.53. The summed E-state index contributed by atoms with van der Waals surface area (Å²) in [4.78, 5) is 29.6. The highest BCUT2D eigenvalue weighted by molar-refractivity contribution is 7.99. The van der Waals surface area contributed by atoms with Crippen molar-refractivity contribution in [3.8, 4) is 0 Å². The second-order valence-corrected chi connectivity index (χ2v) is 8.16. The molecular formula is C17H30ClN3O2S. The smallest absolute Gasteiger partial charge is 0.246 e. The van der Waals surface area contributed by atoms with Crippen molar-refractivity contribution in [1.29, 1.82) is 0 Å². The Kier molecular flexibility index (Phi) is 7.69. The van der Waals surface area contributed by atoms with E-state index < -0.39 is 0 Å². The van der Waals surface area contributed by atoms with Crippen molar-refractivity contribution >= 4 is 36.0 Å². The van der Waals surface area contributed by atoms with Crippen LogP contribution >= 0.6 is 24.2 Å². The number of carbonyl (C=O) groups excluding carboxylic acids is 2. The van der Waals surface area contributed by atoms with Crippen molar-refractivity contribution < 1.29 is 9.59 Å². The molecule has 0 spiro atoms. The molecule has 1 aliphatic carbocycles. The van der Waals surface area contributed by atoms with Gasteiger partial charge in [-0.25, -0.2) is 0 Å². The highest BCUT2D eigenvalue weighted by Gasteiger charge is 2.40. The lowest BCUT2D eigenvalue weighted by atomic mass is 9.97. The predicted octanol–water partition coefficient (Wildman–Crippen LogP) is 1.96. The third-order valence-electron chi connectivity index (χ3n) is 5.48. The number of nitrogens with one attached hydrogen (secondary N) is 1. The summed E-state index contributed by atoms with van der Waals surface area (Å²) in [6.45, 7) is 2.66. The van der Waals surface area contributed by atoms with E-state index in [1.807, 2.05) is 16.8 Å². The number of hydrogen-bond acceptors (Lipinski definition) is 4. The van der Waals surface area contributed by atoms with Gasteiger partial charge in [0, 0.05) is 24.8 Å². The Hall–Kier alpha value is -0.460. The van der Waals surface area contributed by atoms with E-state index in [2.05, 4.69) is 5.32 Å². The largest absolute Gasteiger partial charge is 0.341 e. The van der Waals surface area contributed by atoms with E-state index in [-0.39, 0.29) is 36.2 Å². The molecule has 0 aromatic rings. The Bertz CT molecular complexity index is 444. The Labute approximate surface area is 155 Å². The molecule has 1 N–H and O–H groups in total. The summed E-state index contributed by atoms with van der Waals surface area (Å²) in [5, 5.41) is 3.22. The van der Waals surface area contributed by atoms with Crippen LogP contribution in [0.25, 0.3) is 0 Å². The molecule has 1 saturated carbocycles. The average Bonchev–Trinajstić information content (AvgIpc) is 3.25. The van der Waals surface area contributed by atoms with Gasteiger partial charge in [0.15, 0.2) is 0 Å². The van der Waals surface area contributed by atoms with E-state index in [1.54, 1.807) is 11.8 Å². The molecule has 7 heteroatoms. The van der Waals surface area contributed by atoms with Gasteiger partial charge in [0.05, 0.1) is 5.88 Å². The number of carbonyl (C=O) groups is 2. The molecule has 24 heavy (non-hydrogen) atoms. The van der Waals surface area contributed by atoms with E-state index in [0.717, 1.165) is 57.5 Å². The third-order valence-corrected chi connectivity index (χ3v) is 6.49. The Balaban J connectivity index is 0.00000208. The SMILES string of the molecule is CNCC1CCCN(C(=O)C2CSCN2C(=O)C2CCCC2)C1.Cl. The minimum atomic E-state index is -0.221. The number of piperidine rings is 1. The molecule has 2 aliphatic heterocycles. The van der Waals surface area contributed by atoms with Gasteiger partial charge >= 0.3 is 0 Å². The van der Waals surface area contributed by atoms with Crippen LogP contribution in [0.2, 0.25) is 0 Å². The van der Waals surface area contributed by atoms with Crippen LogP contribution in [-0.4, -0.2) is 66.0 Å². The van der Waals surface area contributed by atoms with E-state index in [4.69, 9.17) is 0 Å². The van der Waals surface area contributed by atoms with Gasteiger partial charge < -0.3 is 15.1 Å². The first-order valence-corrected chi connectivity index (χ1v) is 10.2. The molecule has 0 radical (unpaired) electrons.